The van der Waals surface area contributed by atoms with Crippen LogP contribution in [0.15, 0.2) is 23.4 Å². The standard InChI is InChI=1S/C14H20FN3O2/c1-9-6-18(7-10(2)20-9)8-11-3-12(14(16)17-19)5-13(15)4-11/h3-5,9-10,19H,6-8H2,1-2H3,(H2,16,17)/t9-,10+. The first-order valence-corrected chi connectivity index (χ1v) is 6.63. The SMILES string of the molecule is C[C@@H]1CN(Cc2cc(F)cc(/C(N)=N/O)c2)C[C@H](C)O1. The molecule has 0 bridgehead atoms. The highest BCUT2D eigenvalue weighted by molar-refractivity contribution is 5.97. The van der Waals surface area contributed by atoms with Crippen molar-refractivity contribution in [1.82, 2.24) is 4.90 Å². The molecule has 110 valence electrons. The predicted molar refractivity (Wildman–Crippen MR) is 74.2 cm³/mol. The number of halogens is 1. The number of amidine groups is 1. The predicted octanol–water partition coefficient (Wildman–Crippen LogP) is 1.53. The Hall–Kier alpha value is -1.66. The van der Waals surface area contributed by atoms with Gasteiger partial charge < -0.3 is 15.7 Å². The van der Waals surface area contributed by atoms with Crippen LogP contribution in [-0.2, 0) is 11.3 Å². The Morgan fingerprint density at radius 2 is 2.05 bits per heavy atom. The van der Waals surface area contributed by atoms with E-state index in [-0.39, 0.29) is 18.0 Å². The van der Waals surface area contributed by atoms with Gasteiger partial charge in [-0.1, -0.05) is 5.16 Å². The summed E-state index contributed by atoms with van der Waals surface area (Å²) in [5.41, 5.74) is 6.69. The van der Waals surface area contributed by atoms with Crippen LogP contribution in [0.4, 0.5) is 4.39 Å². The number of hydrogen-bond donors (Lipinski definition) is 2. The maximum atomic E-state index is 13.6. The van der Waals surface area contributed by atoms with E-state index in [4.69, 9.17) is 15.7 Å². The van der Waals surface area contributed by atoms with E-state index in [1.54, 1.807) is 6.07 Å². The Labute approximate surface area is 117 Å². The van der Waals surface area contributed by atoms with Crippen LogP contribution in [0.25, 0.3) is 0 Å². The van der Waals surface area contributed by atoms with Crippen molar-refractivity contribution >= 4 is 5.84 Å². The average molecular weight is 281 g/mol. The number of oxime groups is 1. The Morgan fingerprint density at radius 3 is 2.65 bits per heavy atom. The minimum Gasteiger partial charge on any atom is -0.409 e. The summed E-state index contributed by atoms with van der Waals surface area (Å²) in [6.07, 6.45) is 0.326. The minimum absolute atomic E-state index is 0.0885. The second-order valence-corrected chi connectivity index (χ2v) is 5.28. The number of benzene rings is 1. The lowest BCUT2D eigenvalue weighted by Crippen LogP contribution is -2.44. The highest BCUT2D eigenvalue weighted by atomic mass is 19.1. The molecule has 5 nitrogen and oxygen atoms in total. The van der Waals surface area contributed by atoms with Gasteiger partial charge in [-0.3, -0.25) is 4.90 Å². The molecule has 1 aromatic rings. The summed E-state index contributed by atoms with van der Waals surface area (Å²) in [5, 5.41) is 11.6. The van der Waals surface area contributed by atoms with Crippen LogP contribution in [0.5, 0.6) is 0 Å². The fourth-order valence-corrected chi connectivity index (χ4v) is 2.62. The highest BCUT2D eigenvalue weighted by Gasteiger charge is 2.22. The van der Waals surface area contributed by atoms with E-state index in [1.165, 1.54) is 12.1 Å². The summed E-state index contributed by atoms with van der Waals surface area (Å²) in [6.45, 7) is 6.27. The Morgan fingerprint density at radius 1 is 1.40 bits per heavy atom. The van der Waals surface area contributed by atoms with Gasteiger partial charge in [-0.15, -0.1) is 0 Å². The Bertz CT molecular complexity index is 497. The van der Waals surface area contributed by atoms with E-state index in [1.807, 2.05) is 13.8 Å². The number of nitrogens with zero attached hydrogens (tertiary/aromatic N) is 2. The second kappa shape index (κ2) is 6.19. The molecular weight excluding hydrogens is 261 g/mol. The fraction of sp³-hybridized carbons (Fsp3) is 0.500. The van der Waals surface area contributed by atoms with Crippen LogP contribution in [0.3, 0.4) is 0 Å². The molecule has 0 unspecified atom stereocenters. The first kappa shape index (κ1) is 14.7. The number of hydrogen-bond acceptors (Lipinski definition) is 4. The van der Waals surface area contributed by atoms with Gasteiger partial charge in [0, 0.05) is 25.2 Å². The molecule has 0 aromatic heterocycles. The largest absolute Gasteiger partial charge is 0.409 e. The van der Waals surface area contributed by atoms with Gasteiger partial charge in [0.1, 0.15) is 5.82 Å². The maximum absolute atomic E-state index is 13.6. The van der Waals surface area contributed by atoms with Crippen molar-refractivity contribution in [3.05, 3.63) is 35.1 Å². The van der Waals surface area contributed by atoms with Crippen molar-refractivity contribution in [1.29, 1.82) is 0 Å². The zero-order valence-corrected chi connectivity index (χ0v) is 11.7. The third-order valence-corrected chi connectivity index (χ3v) is 3.26. The molecule has 6 heteroatoms. The maximum Gasteiger partial charge on any atom is 0.170 e. The van der Waals surface area contributed by atoms with Gasteiger partial charge in [-0.2, -0.15) is 0 Å². The van der Waals surface area contributed by atoms with Gasteiger partial charge >= 0.3 is 0 Å². The summed E-state index contributed by atoms with van der Waals surface area (Å²) in [6, 6.07) is 4.46. The van der Waals surface area contributed by atoms with Crippen molar-refractivity contribution in [3.63, 3.8) is 0 Å². The summed E-state index contributed by atoms with van der Waals surface area (Å²) in [5.74, 6) is -0.479. The smallest absolute Gasteiger partial charge is 0.170 e. The lowest BCUT2D eigenvalue weighted by Gasteiger charge is -2.35. The molecule has 1 heterocycles. The summed E-state index contributed by atoms with van der Waals surface area (Å²) in [4.78, 5) is 2.21. The van der Waals surface area contributed by atoms with Gasteiger partial charge in [-0.25, -0.2) is 4.39 Å². The van der Waals surface area contributed by atoms with Crippen molar-refractivity contribution in [3.8, 4) is 0 Å². The number of rotatable bonds is 3. The van der Waals surface area contributed by atoms with Crippen LogP contribution in [-0.4, -0.2) is 41.2 Å². The van der Waals surface area contributed by atoms with Gasteiger partial charge in [-0.05, 0) is 37.6 Å². The highest BCUT2D eigenvalue weighted by Crippen LogP contribution is 2.16. The molecule has 1 aromatic carbocycles. The van der Waals surface area contributed by atoms with Crippen LogP contribution in [0.1, 0.15) is 25.0 Å². The summed E-state index contributed by atoms with van der Waals surface area (Å²) in [7, 11) is 0. The van der Waals surface area contributed by atoms with Crippen molar-refractivity contribution in [2.45, 2.75) is 32.6 Å². The number of ether oxygens (including phenoxy) is 1. The molecule has 3 N–H and O–H groups in total. The second-order valence-electron chi connectivity index (χ2n) is 5.28. The molecular formula is C14H20FN3O2. The van der Waals surface area contributed by atoms with E-state index in [2.05, 4.69) is 10.1 Å². The third-order valence-electron chi connectivity index (χ3n) is 3.26. The molecule has 2 rings (SSSR count). The normalized spacial score (nSPS) is 24.9. The first-order chi connectivity index (χ1) is 9.47. The lowest BCUT2D eigenvalue weighted by atomic mass is 10.1. The molecule has 1 fully saturated rings. The molecule has 20 heavy (non-hydrogen) atoms. The van der Waals surface area contributed by atoms with E-state index < -0.39 is 5.82 Å². The zero-order chi connectivity index (χ0) is 14.7. The molecule has 1 saturated heterocycles. The van der Waals surface area contributed by atoms with Crippen molar-refractivity contribution in [2.75, 3.05) is 13.1 Å². The van der Waals surface area contributed by atoms with E-state index in [0.717, 1.165) is 18.7 Å². The van der Waals surface area contributed by atoms with Crippen molar-refractivity contribution < 1.29 is 14.3 Å². The van der Waals surface area contributed by atoms with Crippen LogP contribution < -0.4 is 5.73 Å². The van der Waals surface area contributed by atoms with Gasteiger partial charge in [0.15, 0.2) is 5.84 Å². The molecule has 0 amide bonds. The molecule has 1 aliphatic heterocycles. The van der Waals surface area contributed by atoms with Crippen LogP contribution in [0, 0.1) is 5.82 Å². The summed E-state index contributed by atoms with van der Waals surface area (Å²) < 4.78 is 19.3. The van der Waals surface area contributed by atoms with E-state index in [0.29, 0.717) is 12.1 Å². The van der Waals surface area contributed by atoms with E-state index >= 15 is 0 Å². The average Bonchev–Trinajstić information content (AvgIpc) is 2.35. The van der Waals surface area contributed by atoms with Gasteiger partial charge in [0.05, 0.1) is 12.2 Å². The Kier molecular flexibility index (Phi) is 4.57. The molecule has 1 aliphatic rings. The minimum atomic E-state index is -0.390. The third kappa shape index (κ3) is 3.68. The van der Waals surface area contributed by atoms with Gasteiger partial charge in [0.25, 0.3) is 0 Å². The molecule has 0 saturated carbocycles. The molecule has 0 spiro atoms. The van der Waals surface area contributed by atoms with Crippen LogP contribution >= 0.6 is 0 Å². The zero-order valence-electron chi connectivity index (χ0n) is 11.7. The number of morpholine rings is 1. The first-order valence-electron chi connectivity index (χ1n) is 6.63. The number of nitrogens with two attached hydrogens (primary N) is 1. The lowest BCUT2D eigenvalue weighted by molar-refractivity contribution is -0.0705. The van der Waals surface area contributed by atoms with Crippen LogP contribution in [0.2, 0.25) is 0 Å². The monoisotopic (exact) mass is 281 g/mol. The fourth-order valence-electron chi connectivity index (χ4n) is 2.62. The van der Waals surface area contributed by atoms with Gasteiger partial charge in [0.2, 0.25) is 0 Å². The van der Waals surface area contributed by atoms with Crippen molar-refractivity contribution in [2.24, 2.45) is 10.9 Å². The molecule has 2 atom stereocenters. The van der Waals surface area contributed by atoms with E-state index in [9.17, 15) is 4.39 Å². The quantitative estimate of drug-likeness (QED) is 0.381. The topological polar surface area (TPSA) is 71.1 Å². The summed E-state index contributed by atoms with van der Waals surface area (Å²) >= 11 is 0. The Balaban J connectivity index is 2.14. The molecule has 0 radical (unpaired) electrons. The molecule has 0 aliphatic carbocycles.